The second kappa shape index (κ2) is 7.32. The highest BCUT2D eigenvalue weighted by Gasteiger charge is 2.28. The Hall–Kier alpha value is -1.51. The van der Waals surface area contributed by atoms with Crippen molar-refractivity contribution in [3.05, 3.63) is 30.3 Å². The zero-order valence-corrected chi connectivity index (χ0v) is 12.5. The van der Waals surface area contributed by atoms with Crippen LogP contribution in [0.5, 0.6) is 5.75 Å². The molecule has 0 aliphatic heterocycles. The molecule has 2 rings (SSSR count). The molecule has 0 bridgehead atoms. The lowest BCUT2D eigenvalue weighted by Gasteiger charge is -2.33. The minimum Gasteiger partial charge on any atom is -0.410 e. The molecule has 1 aromatic rings. The van der Waals surface area contributed by atoms with E-state index in [1.165, 1.54) is 32.1 Å². The van der Waals surface area contributed by atoms with Gasteiger partial charge in [0, 0.05) is 6.04 Å². The van der Waals surface area contributed by atoms with Gasteiger partial charge in [0.1, 0.15) is 5.75 Å². The molecule has 110 valence electrons. The van der Waals surface area contributed by atoms with Gasteiger partial charge in [0.2, 0.25) is 0 Å². The summed E-state index contributed by atoms with van der Waals surface area (Å²) in [5.74, 6) is 1.62. The van der Waals surface area contributed by atoms with Crippen molar-refractivity contribution in [3.8, 4) is 5.75 Å². The number of ether oxygens (including phenoxy) is 1. The summed E-state index contributed by atoms with van der Waals surface area (Å²) in [5.41, 5.74) is 0. The number of nitrogens with one attached hydrogen (secondary N) is 1. The van der Waals surface area contributed by atoms with Gasteiger partial charge in [-0.2, -0.15) is 0 Å². The van der Waals surface area contributed by atoms with E-state index >= 15 is 0 Å². The highest BCUT2D eigenvalue weighted by Crippen LogP contribution is 2.29. The Kier molecular flexibility index (Phi) is 5.45. The molecule has 1 saturated carbocycles. The highest BCUT2D eigenvalue weighted by atomic mass is 16.6. The van der Waals surface area contributed by atoms with Crippen LogP contribution >= 0.6 is 0 Å². The molecule has 3 nitrogen and oxygen atoms in total. The van der Waals surface area contributed by atoms with Gasteiger partial charge in [-0.25, -0.2) is 4.79 Å². The van der Waals surface area contributed by atoms with E-state index in [1.807, 2.05) is 18.2 Å². The van der Waals surface area contributed by atoms with E-state index in [0.29, 0.717) is 17.6 Å². The summed E-state index contributed by atoms with van der Waals surface area (Å²) in [7, 11) is 0. The molecule has 3 heteroatoms. The lowest BCUT2D eigenvalue weighted by atomic mass is 9.80. The van der Waals surface area contributed by atoms with Gasteiger partial charge in [0.05, 0.1) is 0 Å². The maximum absolute atomic E-state index is 12.0. The Balaban J connectivity index is 1.92. The Labute approximate surface area is 121 Å². The zero-order valence-electron chi connectivity index (χ0n) is 12.5. The van der Waals surface area contributed by atoms with Gasteiger partial charge in [-0.3, -0.25) is 0 Å². The first kappa shape index (κ1) is 14.9. The molecular weight excluding hydrogens is 250 g/mol. The monoisotopic (exact) mass is 275 g/mol. The molecule has 0 saturated heterocycles. The molecule has 0 aromatic heterocycles. The minimum absolute atomic E-state index is 0.214. The Morgan fingerprint density at radius 2 is 1.80 bits per heavy atom. The highest BCUT2D eigenvalue weighted by molar-refractivity contribution is 5.70. The predicted octanol–water partition coefficient (Wildman–Crippen LogP) is 4.38. The van der Waals surface area contributed by atoms with Crippen molar-refractivity contribution in [3.63, 3.8) is 0 Å². The van der Waals surface area contributed by atoms with Crippen LogP contribution in [0, 0.1) is 11.8 Å². The number of hydrogen-bond acceptors (Lipinski definition) is 2. The summed E-state index contributed by atoms with van der Waals surface area (Å²) in [4.78, 5) is 12.0. The molecule has 1 aliphatic rings. The number of amides is 1. The molecule has 1 aromatic carbocycles. The van der Waals surface area contributed by atoms with Crippen molar-refractivity contribution in [2.45, 2.75) is 52.0 Å². The second-order valence-corrected chi connectivity index (χ2v) is 6.01. The van der Waals surface area contributed by atoms with Crippen LogP contribution in [-0.4, -0.2) is 12.1 Å². The van der Waals surface area contributed by atoms with Crippen molar-refractivity contribution < 1.29 is 9.53 Å². The average molecular weight is 275 g/mol. The van der Waals surface area contributed by atoms with Gasteiger partial charge in [-0.1, -0.05) is 51.3 Å². The normalized spacial score (nSPS) is 17.8. The molecule has 1 amide bonds. The van der Waals surface area contributed by atoms with Crippen molar-refractivity contribution in [2.24, 2.45) is 11.8 Å². The number of rotatable bonds is 4. The Morgan fingerprint density at radius 3 is 2.40 bits per heavy atom. The van der Waals surface area contributed by atoms with Gasteiger partial charge < -0.3 is 10.1 Å². The van der Waals surface area contributed by atoms with Crippen LogP contribution in [0.25, 0.3) is 0 Å². The van der Waals surface area contributed by atoms with Crippen LogP contribution in [0.15, 0.2) is 30.3 Å². The molecule has 0 spiro atoms. The summed E-state index contributed by atoms with van der Waals surface area (Å²) >= 11 is 0. The van der Waals surface area contributed by atoms with E-state index in [2.05, 4.69) is 19.2 Å². The zero-order chi connectivity index (χ0) is 14.4. The molecule has 0 heterocycles. The smallest absolute Gasteiger partial charge is 0.410 e. The number of hydrogen-bond donors (Lipinski definition) is 1. The fourth-order valence-electron chi connectivity index (χ4n) is 3.08. The van der Waals surface area contributed by atoms with Crippen LogP contribution in [0.1, 0.15) is 46.0 Å². The molecule has 0 radical (unpaired) electrons. The molecule has 0 unspecified atom stereocenters. The first-order valence-corrected chi connectivity index (χ1v) is 7.70. The number of benzene rings is 1. The third-order valence-electron chi connectivity index (χ3n) is 4.11. The summed E-state index contributed by atoms with van der Waals surface area (Å²) in [6, 6.07) is 9.44. The van der Waals surface area contributed by atoms with Gasteiger partial charge in [0.15, 0.2) is 0 Å². The van der Waals surface area contributed by atoms with Crippen molar-refractivity contribution in [1.82, 2.24) is 5.32 Å². The molecule has 1 aliphatic carbocycles. The summed E-state index contributed by atoms with van der Waals surface area (Å²) in [6.45, 7) is 4.34. The van der Waals surface area contributed by atoms with E-state index in [1.54, 1.807) is 12.1 Å². The Morgan fingerprint density at radius 1 is 1.15 bits per heavy atom. The number of carbonyl (C=O) groups is 1. The largest absolute Gasteiger partial charge is 0.412 e. The van der Waals surface area contributed by atoms with Crippen LogP contribution in [0.4, 0.5) is 4.79 Å². The quantitative estimate of drug-likeness (QED) is 0.885. The van der Waals surface area contributed by atoms with Crippen LogP contribution < -0.4 is 10.1 Å². The van der Waals surface area contributed by atoms with E-state index in [0.717, 1.165) is 0 Å². The fourth-order valence-corrected chi connectivity index (χ4v) is 3.08. The van der Waals surface area contributed by atoms with E-state index in [9.17, 15) is 4.79 Å². The predicted molar refractivity (Wildman–Crippen MR) is 80.8 cm³/mol. The molecule has 20 heavy (non-hydrogen) atoms. The Bertz CT molecular complexity index is 410. The first-order chi connectivity index (χ1) is 9.66. The van der Waals surface area contributed by atoms with Crippen molar-refractivity contribution >= 4 is 6.09 Å². The topological polar surface area (TPSA) is 38.3 Å². The van der Waals surface area contributed by atoms with Crippen LogP contribution in [0.3, 0.4) is 0 Å². The molecular formula is C17H25NO2. The average Bonchev–Trinajstić information content (AvgIpc) is 2.46. The third-order valence-corrected chi connectivity index (χ3v) is 4.11. The minimum atomic E-state index is -0.333. The van der Waals surface area contributed by atoms with E-state index in [4.69, 9.17) is 4.74 Å². The van der Waals surface area contributed by atoms with Crippen molar-refractivity contribution in [1.29, 1.82) is 0 Å². The maximum atomic E-state index is 12.0. The van der Waals surface area contributed by atoms with Crippen molar-refractivity contribution in [2.75, 3.05) is 0 Å². The summed E-state index contributed by atoms with van der Waals surface area (Å²) < 4.78 is 5.34. The summed E-state index contributed by atoms with van der Waals surface area (Å²) in [6.07, 6.45) is 5.99. The van der Waals surface area contributed by atoms with E-state index in [-0.39, 0.29) is 12.1 Å². The second-order valence-electron chi connectivity index (χ2n) is 6.01. The molecule has 1 fully saturated rings. The molecule has 1 atom stereocenters. The molecule has 1 N–H and O–H groups in total. The standard InChI is InChI=1S/C17H25NO2/c1-13(2)16(14-9-5-3-6-10-14)18-17(19)20-15-11-7-4-8-12-15/h4,7-8,11-14,16H,3,5-6,9-10H2,1-2H3,(H,18,19)/t16-/m1/s1. The maximum Gasteiger partial charge on any atom is 0.412 e. The SMILES string of the molecule is CC(C)[C@@H](NC(=O)Oc1ccccc1)C1CCCCC1. The third kappa shape index (κ3) is 4.26. The van der Waals surface area contributed by atoms with Gasteiger partial charge in [-0.05, 0) is 36.8 Å². The summed E-state index contributed by atoms with van der Waals surface area (Å²) in [5, 5.41) is 3.07. The number of carbonyl (C=O) groups excluding carboxylic acids is 1. The van der Waals surface area contributed by atoms with Gasteiger partial charge >= 0.3 is 6.09 Å². The fraction of sp³-hybridized carbons (Fsp3) is 0.588. The van der Waals surface area contributed by atoms with Gasteiger partial charge in [-0.15, -0.1) is 0 Å². The first-order valence-electron chi connectivity index (χ1n) is 7.70. The lowest BCUT2D eigenvalue weighted by Crippen LogP contribution is -2.45. The van der Waals surface area contributed by atoms with Gasteiger partial charge in [0.25, 0.3) is 0 Å². The number of para-hydroxylation sites is 1. The lowest BCUT2D eigenvalue weighted by molar-refractivity contribution is 0.172. The van der Waals surface area contributed by atoms with E-state index < -0.39 is 0 Å². The van der Waals surface area contributed by atoms with Crippen LogP contribution in [0.2, 0.25) is 0 Å². The van der Waals surface area contributed by atoms with Crippen LogP contribution in [-0.2, 0) is 0 Å².